The Labute approximate surface area is 590 Å². The number of hydrogen-bond acceptors (Lipinski definition) is 8. The zero-order chi connectivity index (χ0) is 64.9. The van der Waals surface area contributed by atoms with Gasteiger partial charge in [-0.3, -0.25) is 19.8 Å². The second-order valence-electron chi connectivity index (χ2n) is 24.1. The number of imidazole rings is 2. The Bertz CT molecular complexity index is 3960. The normalized spacial score (nSPS) is 14.3. The molecule has 2 saturated heterocycles. The SMILES string of the molecule is C.C.ClCCCc1cn(C(c2ccccc2)(c2ccccc2)c2ccccc2)cn1.Clc1ccc(C(c2ccccn2)N2CCN(CCCc3cn(C(c4ccccc4)(c4ccccc4)c4ccccc4)cn3)CC2)cc1.Clc1ccc(C(c2ccccn2)N2CCNCC2)cc1. The first-order chi connectivity index (χ1) is 46.9. The van der Waals surface area contributed by atoms with Crippen LogP contribution in [0.4, 0.5) is 0 Å². The topological polar surface area (TPSA) is 83.2 Å². The Morgan fingerprint density at radius 2 is 0.701 bits per heavy atom. The second kappa shape index (κ2) is 35.4. The number of piperazine rings is 2. The van der Waals surface area contributed by atoms with E-state index in [0.29, 0.717) is 5.88 Å². The van der Waals surface area contributed by atoms with Crippen LogP contribution in [0, 0.1) is 0 Å². The number of aryl methyl sites for hydroxylation is 2. The number of nitrogens with zero attached hydrogens (tertiary/aromatic N) is 9. The molecule has 8 aromatic carbocycles. The lowest BCUT2D eigenvalue weighted by molar-refractivity contribution is 0.107. The van der Waals surface area contributed by atoms with Gasteiger partial charge in [0.05, 0.1) is 47.5 Å². The Balaban J connectivity index is 0.000000173. The third kappa shape index (κ3) is 17.0. The monoisotopic (exact) mass is 1340 g/mol. The third-order valence-corrected chi connectivity index (χ3v) is 19.0. The molecule has 12 aromatic rings. The second-order valence-corrected chi connectivity index (χ2v) is 25.4. The quantitative estimate of drug-likeness (QED) is 0.0563. The molecule has 2 atom stereocenters. The van der Waals surface area contributed by atoms with E-state index in [1.165, 1.54) is 44.5 Å². The summed E-state index contributed by atoms with van der Waals surface area (Å²) in [6.07, 6.45) is 16.0. The van der Waals surface area contributed by atoms with Crippen molar-refractivity contribution in [1.82, 2.24) is 49.1 Å². The molecule has 0 spiro atoms. The fourth-order valence-electron chi connectivity index (χ4n) is 13.7. The Kier molecular flexibility index (Phi) is 25.9. The predicted molar refractivity (Wildman–Crippen MR) is 402 cm³/mol. The highest BCUT2D eigenvalue weighted by Crippen LogP contribution is 2.43. The lowest BCUT2D eigenvalue weighted by Gasteiger charge is -2.39. The van der Waals surface area contributed by atoms with Crippen LogP contribution in [-0.2, 0) is 23.9 Å². The van der Waals surface area contributed by atoms with Gasteiger partial charge >= 0.3 is 0 Å². The summed E-state index contributed by atoms with van der Waals surface area (Å²) in [6, 6.07) is 93.3. The zero-order valence-electron chi connectivity index (χ0n) is 53.6. The summed E-state index contributed by atoms with van der Waals surface area (Å²) < 4.78 is 4.56. The van der Waals surface area contributed by atoms with Crippen LogP contribution >= 0.6 is 34.8 Å². The van der Waals surface area contributed by atoms with Crippen LogP contribution in [-0.4, -0.2) is 109 Å². The van der Waals surface area contributed by atoms with Gasteiger partial charge in [-0.05, 0) is 125 Å². The highest BCUT2D eigenvalue weighted by Gasteiger charge is 2.40. The van der Waals surface area contributed by atoms with E-state index in [2.05, 4.69) is 271 Å². The molecule has 0 amide bonds. The molecule has 13 heteroatoms. The third-order valence-electron chi connectivity index (χ3n) is 18.3. The maximum Gasteiger partial charge on any atom is 0.121 e. The first kappa shape index (κ1) is 71.0. The van der Waals surface area contributed by atoms with E-state index in [0.717, 1.165) is 117 Å². The van der Waals surface area contributed by atoms with Crippen LogP contribution in [0.5, 0.6) is 0 Å². The van der Waals surface area contributed by atoms with Crippen molar-refractivity contribution in [3.8, 4) is 0 Å². The number of nitrogens with one attached hydrogen (secondary N) is 1. The summed E-state index contributed by atoms with van der Waals surface area (Å²) in [5, 5.41) is 4.93. The molecule has 10 nitrogen and oxygen atoms in total. The molecular formula is C84H89Cl3N10. The summed E-state index contributed by atoms with van der Waals surface area (Å²) in [4.78, 5) is 26.6. The average molecular weight is 1350 g/mol. The van der Waals surface area contributed by atoms with Crippen molar-refractivity contribution in [3.63, 3.8) is 0 Å². The van der Waals surface area contributed by atoms with Crippen LogP contribution < -0.4 is 5.32 Å². The summed E-state index contributed by atoms with van der Waals surface area (Å²) in [5.74, 6) is 0.647. The van der Waals surface area contributed by atoms with Crippen molar-refractivity contribution >= 4 is 34.8 Å². The molecule has 97 heavy (non-hydrogen) atoms. The van der Waals surface area contributed by atoms with Crippen LogP contribution in [0.25, 0.3) is 0 Å². The van der Waals surface area contributed by atoms with Gasteiger partial charge in [0.25, 0.3) is 0 Å². The van der Waals surface area contributed by atoms with Crippen LogP contribution in [0.3, 0.4) is 0 Å². The minimum Gasteiger partial charge on any atom is -0.319 e. The number of aromatic nitrogens is 6. The molecule has 6 heterocycles. The Morgan fingerprint density at radius 3 is 1.03 bits per heavy atom. The van der Waals surface area contributed by atoms with Crippen LogP contribution in [0.1, 0.15) is 107 Å². The molecule has 2 unspecified atom stereocenters. The zero-order valence-corrected chi connectivity index (χ0v) is 55.8. The summed E-state index contributed by atoms with van der Waals surface area (Å²) >= 11 is 18.1. The Hall–Kier alpha value is -8.81. The first-order valence-corrected chi connectivity index (χ1v) is 34.4. The number of hydrogen-bond donors (Lipinski definition) is 1. The van der Waals surface area contributed by atoms with Gasteiger partial charge in [0.1, 0.15) is 11.1 Å². The van der Waals surface area contributed by atoms with E-state index < -0.39 is 11.1 Å². The Morgan fingerprint density at radius 1 is 0.371 bits per heavy atom. The predicted octanol–water partition coefficient (Wildman–Crippen LogP) is 18.0. The van der Waals surface area contributed by atoms with E-state index >= 15 is 0 Å². The molecule has 2 aliphatic rings. The molecular weight excluding hydrogens is 1260 g/mol. The van der Waals surface area contributed by atoms with Gasteiger partial charge in [-0.15, -0.1) is 11.6 Å². The molecule has 0 saturated carbocycles. The van der Waals surface area contributed by atoms with Crippen LogP contribution in [0.15, 0.2) is 304 Å². The minimum absolute atomic E-state index is 0. The highest BCUT2D eigenvalue weighted by molar-refractivity contribution is 6.30. The van der Waals surface area contributed by atoms with Gasteiger partial charge in [0.15, 0.2) is 0 Å². The molecule has 2 aliphatic heterocycles. The number of pyridine rings is 2. The maximum atomic E-state index is 6.23. The van der Waals surface area contributed by atoms with Crippen molar-refractivity contribution < 1.29 is 0 Å². The summed E-state index contributed by atoms with van der Waals surface area (Å²) in [5.41, 5.74) is 13.1. The molecule has 496 valence electrons. The van der Waals surface area contributed by atoms with Crippen molar-refractivity contribution in [2.45, 2.75) is 63.7 Å². The van der Waals surface area contributed by atoms with E-state index in [9.17, 15) is 0 Å². The summed E-state index contributed by atoms with van der Waals surface area (Å²) in [7, 11) is 0. The van der Waals surface area contributed by atoms with Crippen molar-refractivity contribution in [3.05, 3.63) is 382 Å². The minimum atomic E-state index is -0.528. The molecule has 0 radical (unpaired) electrons. The summed E-state index contributed by atoms with van der Waals surface area (Å²) in [6.45, 7) is 9.21. The number of halogens is 3. The van der Waals surface area contributed by atoms with Gasteiger partial charge < -0.3 is 19.4 Å². The lowest BCUT2D eigenvalue weighted by atomic mass is 9.77. The average Bonchev–Trinajstić information content (AvgIpc) is 1.74. The molecule has 2 fully saturated rings. The number of alkyl halides is 1. The van der Waals surface area contributed by atoms with E-state index in [1.807, 2.05) is 67.5 Å². The fourth-order valence-corrected chi connectivity index (χ4v) is 14.1. The number of benzene rings is 8. The van der Waals surface area contributed by atoms with Gasteiger partial charge in [-0.2, -0.15) is 0 Å². The first-order valence-electron chi connectivity index (χ1n) is 33.1. The van der Waals surface area contributed by atoms with Gasteiger partial charge in [-0.25, -0.2) is 9.97 Å². The van der Waals surface area contributed by atoms with Crippen LogP contribution in [0.2, 0.25) is 10.0 Å². The standard InChI is InChI=1S/C41H40ClN5.C25H23ClN2.C16H18ClN3.2CH4/c42-37-23-21-33(22-24-37)40(39-20-10-11-25-43-39)46-29-27-45(28-30-46)26-12-19-38-31-47(32-44-38)41(34-13-4-1-5-14-34,35-15-6-2-7-16-35)36-17-8-3-9-18-36;26-18-10-17-24-19-28(20-27-24)25(21-11-4-1-5-12-21,22-13-6-2-7-14-22)23-15-8-3-9-16-23;17-14-6-4-13(5-7-14)16(15-3-1-2-8-19-15)20-11-9-18-10-12-20;;/h1-11,13-18,20-25,31-32,40H,12,19,26-30H2;1-9,11-16,19-20H,10,17-18H2;1-8,16,18H,9-12H2;2*1H4. The number of rotatable bonds is 21. The van der Waals surface area contributed by atoms with Gasteiger partial charge in [0, 0.05) is 93.1 Å². The molecule has 0 bridgehead atoms. The molecule has 14 rings (SSSR count). The van der Waals surface area contributed by atoms with Crippen molar-refractivity contribution in [1.29, 1.82) is 0 Å². The smallest absolute Gasteiger partial charge is 0.121 e. The maximum absolute atomic E-state index is 6.23. The lowest BCUT2D eigenvalue weighted by Crippen LogP contribution is -2.48. The molecule has 0 aliphatic carbocycles. The molecule has 1 N–H and O–H groups in total. The highest BCUT2D eigenvalue weighted by atomic mass is 35.5. The largest absolute Gasteiger partial charge is 0.319 e. The van der Waals surface area contributed by atoms with E-state index in [4.69, 9.17) is 49.8 Å². The van der Waals surface area contributed by atoms with Gasteiger partial charge in [-0.1, -0.05) is 256 Å². The van der Waals surface area contributed by atoms with Gasteiger partial charge in [0.2, 0.25) is 0 Å². The van der Waals surface area contributed by atoms with Crippen molar-refractivity contribution in [2.24, 2.45) is 0 Å². The van der Waals surface area contributed by atoms with E-state index in [1.54, 1.807) is 0 Å². The fraction of sp³-hybridized carbons (Fsp3) is 0.238. The van der Waals surface area contributed by atoms with Crippen molar-refractivity contribution in [2.75, 3.05) is 64.8 Å². The molecule has 4 aromatic heterocycles. The van der Waals surface area contributed by atoms with E-state index in [-0.39, 0.29) is 26.9 Å².